The van der Waals surface area contributed by atoms with E-state index < -0.39 is 0 Å². The molecule has 7 heteroatoms. The van der Waals surface area contributed by atoms with Crippen molar-refractivity contribution in [1.82, 2.24) is 19.7 Å². The van der Waals surface area contributed by atoms with Gasteiger partial charge in [-0.3, -0.25) is 0 Å². The molecule has 17 heavy (non-hydrogen) atoms. The first kappa shape index (κ1) is 12.2. The minimum atomic E-state index is 0.601. The van der Waals surface area contributed by atoms with Gasteiger partial charge in [-0.05, 0) is 29.0 Å². The smallest absolute Gasteiger partial charge is 0.159 e. The normalized spacial score (nSPS) is 10.5. The molecule has 2 heterocycles. The number of nitrogen functional groups attached to an aromatic ring is 1. The van der Waals surface area contributed by atoms with E-state index in [0.717, 1.165) is 28.1 Å². The minimum Gasteiger partial charge on any atom is -0.308 e. The maximum absolute atomic E-state index is 5.40. The van der Waals surface area contributed by atoms with Crippen LogP contribution in [0.2, 0.25) is 0 Å². The Kier molecular flexibility index (Phi) is 3.89. The maximum Gasteiger partial charge on any atom is 0.159 e. The zero-order chi connectivity index (χ0) is 12.3. The Balaban J connectivity index is 2.42. The molecular weight excluding hydrogens is 331 g/mol. The molecule has 0 radical (unpaired) electrons. The van der Waals surface area contributed by atoms with Gasteiger partial charge in [0.15, 0.2) is 5.82 Å². The van der Waals surface area contributed by atoms with E-state index in [9.17, 15) is 0 Å². The van der Waals surface area contributed by atoms with Crippen molar-refractivity contribution >= 4 is 28.4 Å². The summed E-state index contributed by atoms with van der Waals surface area (Å²) in [5, 5.41) is 4.21. The molecule has 0 unspecified atom stereocenters. The fraction of sp³-hybridized carbons (Fsp3) is 0.300. The van der Waals surface area contributed by atoms with Gasteiger partial charge in [-0.1, -0.05) is 6.92 Å². The molecule has 0 saturated carbocycles. The van der Waals surface area contributed by atoms with E-state index in [1.165, 1.54) is 0 Å². The summed E-state index contributed by atoms with van der Waals surface area (Å²) in [4.78, 5) is 8.73. The third-order valence-electron chi connectivity index (χ3n) is 2.17. The van der Waals surface area contributed by atoms with E-state index in [4.69, 9.17) is 5.84 Å². The summed E-state index contributed by atoms with van der Waals surface area (Å²) in [6.07, 6.45) is 5.49. The van der Waals surface area contributed by atoms with Gasteiger partial charge >= 0.3 is 0 Å². The van der Waals surface area contributed by atoms with E-state index in [1.54, 1.807) is 16.9 Å². The quantitative estimate of drug-likeness (QED) is 0.499. The van der Waals surface area contributed by atoms with Crippen LogP contribution in [0.3, 0.4) is 0 Å². The second kappa shape index (κ2) is 5.41. The Bertz CT molecular complexity index is 509. The number of nitrogens with one attached hydrogen (secondary N) is 1. The molecule has 2 aromatic rings. The third kappa shape index (κ3) is 2.91. The fourth-order valence-corrected chi connectivity index (χ4v) is 1.82. The highest BCUT2D eigenvalue weighted by Gasteiger charge is 2.06. The SMILES string of the molecule is CCCc1nc(NN)cc(-n2cc(I)cn2)n1. The molecule has 6 nitrogen and oxygen atoms in total. The number of nitrogens with zero attached hydrogens (tertiary/aromatic N) is 4. The third-order valence-corrected chi connectivity index (χ3v) is 2.72. The number of anilines is 1. The molecule has 2 aromatic heterocycles. The molecule has 0 saturated heterocycles. The van der Waals surface area contributed by atoms with Crippen molar-refractivity contribution in [2.45, 2.75) is 19.8 Å². The van der Waals surface area contributed by atoms with Crippen LogP contribution in [0.25, 0.3) is 5.82 Å². The molecule has 2 rings (SSSR count). The Morgan fingerprint density at radius 3 is 2.88 bits per heavy atom. The highest BCUT2D eigenvalue weighted by molar-refractivity contribution is 14.1. The lowest BCUT2D eigenvalue weighted by molar-refractivity contribution is 0.785. The molecule has 0 aromatic carbocycles. The average molecular weight is 344 g/mol. The van der Waals surface area contributed by atoms with E-state index in [0.29, 0.717) is 5.82 Å². The van der Waals surface area contributed by atoms with Crippen LogP contribution >= 0.6 is 22.6 Å². The lowest BCUT2D eigenvalue weighted by Gasteiger charge is -2.06. The molecule has 90 valence electrons. The monoisotopic (exact) mass is 344 g/mol. The summed E-state index contributed by atoms with van der Waals surface area (Å²) in [5.41, 5.74) is 2.55. The second-order valence-electron chi connectivity index (χ2n) is 3.53. The van der Waals surface area contributed by atoms with Crippen LogP contribution in [-0.2, 0) is 6.42 Å². The molecule has 0 atom stereocenters. The topological polar surface area (TPSA) is 81.6 Å². The Labute approximate surface area is 113 Å². The Hall–Kier alpha value is -1.22. The predicted octanol–water partition coefficient (Wildman–Crippen LogP) is 1.50. The standard InChI is InChI=1S/C10H13IN6/c1-2-3-8-14-9(16-12)4-10(15-8)17-6-7(11)5-13-17/h4-6H,2-3,12H2,1H3,(H,14,15,16). The molecule has 0 aliphatic carbocycles. The van der Waals surface area contributed by atoms with Gasteiger partial charge in [0.2, 0.25) is 0 Å². The lowest BCUT2D eigenvalue weighted by Crippen LogP contribution is -2.12. The van der Waals surface area contributed by atoms with Gasteiger partial charge in [0.05, 0.1) is 9.77 Å². The van der Waals surface area contributed by atoms with Gasteiger partial charge in [0.25, 0.3) is 0 Å². The predicted molar refractivity (Wildman–Crippen MR) is 73.7 cm³/mol. The number of hydrogen-bond donors (Lipinski definition) is 2. The number of aryl methyl sites for hydroxylation is 1. The molecule has 0 bridgehead atoms. The van der Waals surface area contributed by atoms with E-state index >= 15 is 0 Å². The molecule has 3 N–H and O–H groups in total. The number of rotatable bonds is 4. The van der Waals surface area contributed by atoms with Crippen LogP contribution < -0.4 is 11.3 Å². The van der Waals surface area contributed by atoms with E-state index in [2.05, 4.69) is 50.0 Å². The largest absolute Gasteiger partial charge is 0.308 e. The zero-order valence-electron chi connectivity index (χ0n) is 9.39. The first-order valence-corrected chi connectivity index (χ1v) is 6.36. The molecule has 0 amide bonds. The van der Waals surface area contributed by atoms with Gasteiger partial charge in [0, 0.05) is 18.7 Å². The average Bonchev–Trinajstić information content (AvgIpc) is 2.76. The molecule has 0 aliphatic rings. The zero-order valence-corrected chi connectivity index (χ0v) is 11.5. The summed E-state index contributed by atoms with van der Waals surface area (Å²) in [5.74, 6) is 7.49. The lowest BCUT2D eigenvalue weighted by atomic mass is 10.3. The van der Waals surface area contributed by atoms with Crippen LogP contribution in [-0.4, -0.2) is 19.7 Å². The number of halogens is 1. The number of nitrogens with two attached hydrogens (primary N) is 1. The summed E-state index contributed by atoms with van der Waals surface area (Å²) in [6.45, 7) is 2.09. The summed E-state index contributed by atoms with van der Waals surface area (Å²) >= 11 is 2.20. The van der Waals surface area contributed by atoms with Gasteiger partial charge in [-0.2, -0.15) is 5.10 Å². The maximum atomic E-state index is 5.40. The van der Waals surface area contributed by atoms with Crippen molar-refractivity contribution in [1.29, 1.82) is 0 Å². The molecular formula is C10H13IN6. The fourth-order valence-electron chi connectivity index (χ4n) is 1.44. The number of aromatic nitrogens is 4. The van der Waals surface area contributed by atoms with E-state index in [-0.39, 0.29) is 0 Å². The van der Waals surface area contributed by atoms with Crippen LogP contribution in [0, 0.1) is 3.57 Å². The van der Waals surface area contributed by atoms with Crippen molar-refractivity contribution in [3.63, 3.8) is 0 Å². The highest BCUT2D eigenvalue weighted by Crippen LogP contribution is 2.12. The number of hydrogen-bond acceptors (Lipinski definition) is 5. The van der Waals surface area contributed by atoms with Gasteiger partial charge in [0.1, 0.15) is 11.6 Å². The second-order valence-corrected chi connectivity index (χ2v) is 4.77. The van der Waals surface area contributed by atoms with Crippen molar-refractivity contribution in [3.8, 4) is 5.82 Å². The van der Waals surface area contributed by atoms with Crippen molar-refractivity contribution in [3.05, 3.63) is 27.9 Å². The Morgan fingerprint density at radius 1 is 1.47 bits per heavy atom. The minimum absolute atomic E-state index is 0.601. The van der Waals surface area contributed by atoms with Crippen LogP contribution in [0.5, 0.6) is 0 Å². The summed E-state index contributed by atoms with van der Waals surface area (Å²) < 4.78 is 2.77. The van der Waals surface area contributed by atoms with Crippen molar-refractivity contribution < 1.29 is 0 Å². The van der Waals surface area contributed by atoms with E-state index in [1.807, 2.05) is 6.20 Å². The first-order valence-electron chi connectivity index (χ1n) is 5.28. The summed E-state index contributed by atoms with van der Waals surface area (Å²) in [6, 6.07) is 1.77. The number of hydrazine groups is 1. The van der Waals surface area contributed by atoms with Crippen molar-refractivity contribution in [2.24, 2.45) is 5.84 Å². The summed E-state index contributed by atoms with van der Waals surface area (Å²) in [7, 11) is 0. The highest BCUT2D eigenvalue weighted by atomic mass is 127. The Morgan fingerprint density at radius 2 is 2.29 bits per heavy atom. The first-order chi connectivity index (χ1) is 8.22. The van der Waals surface area contributed by atoms with Gasteiger partial charge in [-0.25, -0.2) is 20.5 Å². The van der Waals surface area contributed by atoms with Crippen LogP contribution in [0.15, 0.2) is 18.5 Å². The van der Waals surface area contributed by atoms with Gasteiger partial charge in [-0.15, -0.1) is 0 Å². The molecule has 0 spiro atoms. The van der Waals surface area contributed by atoms with Crippen molar-refractivity contribution in [2.75, 3.05) is 5.43 Å². The molecule has 0 aliphatic heterocycles. The van der Waals surface area contributed by atoms with Crippen LogP contribution in [0.4, 0.5) is 5.82 Å². The van der Waals surface area contributed by atoms with Gasteiger partial charge < -0.3 is 5.43 Å². The van der Waals surface area contributed by atoms with Crippen LogP contribution in [0.1, 0.15) is 19.2 Å². The molecule has 0 fully saturated rings.